The molecule has 0 heterocycles. The van der Waals surface area contributed by atoms with Crippen molar-refractivity contribution in [2.24, 2.45) is 0 Å². The van der Waals surface area contributed by atoms with Gasteiger partial charge in [0, 0.05) is 18.8 Å². The number of carbonyl (C=O) groups excluding carboxylic acids is 1. The van der Waals surface area contributed by atoms with Crippen LogP contribution in [0.3, 0.4) is 0 Å². The number of Topliss-reactive ketones (excluding diaryl/α,β-unsaturated/α-hetero) is 1. The molecule has 0 aliphatic rings. The van der Waals surface area contributed by atoms with Gasteiger partial charge in [0.15, 0.2) is 11.6 Å². The molecule has 0 amide bonds. The Balaban J connectivity index is 3.24. The molecule has 0 saturated heterocycles. The topological polar surface area (TPSA) is 66.4 Å². The first-order chi connectivity index (χ1) is 8.88. The Hall–Kier alpha value is -2.31. The molecular weight excluding hydrogens is 263 g/mol. The lowest BCUT2D eigenvalue weighted by Gasteiger charge is -2.05. The van der Waals surface area contributed by atoms with Gasteiger partial charge < -0.3 is 10.4 Å². The average Bonchev–Trinajstić information content (AvgIpc) is 2.33. The number of benzene rings is 1. The Bertz CT molecular complexity index is 555. The molecule has 0 spiro atoms. The van der Waals surface area contributed by atoms with Crippen molar-refractivity contribution in [2.45, 2.75) is 6.92 Å². The van der Waals surface area contributed by atoms with Crippen LogP contribution in [0, 0.1) is 17.5 Å². The number of carbonyl (C=O) groups is 2. The van der Waals surface area contributed by atoms with Gasteiger partial charge >= 0.3 is 5.97 Å². The third kappa shape index (κ3) is 3.34. The average molecular weight is 273 g/mol. The molecule has 7 heteroatoms. The predicted molar refractivity (Wildman–Crippen MR) is 60.0 cm³/mol. The number of hydrogen-bond donors (Lipinski definition) is 2. The van der Waals surface area contributed by atoms with E-state index in [1.54, 1.807) is 6.92 Å². The number of hydrogen-bond acceptors (Lipinski definition) is 3. The minimum Gasteiger partial charge on any atom is -0.477 e. The maximum atomic E-state index is 13.4. The fraction of sp³-hybridized carbons (Fsp3) is 0.167. The van der Waals surface area contributed by atoms with E-state index in [4.69, 9.17) is 5.11 Å². The number of aliphatic carboxylic acids is 1. The summed E-state index contributed by atoms with van der Waals surface area (Å²) in [4.78, 5) is 22.6. The molecule has 0 saturated carbocycles. The van der Waals surface area contributed by atoms with Gasteiger partial charge in [-0.25, -0.2) is 18.0 Å². The van der Waals surface area contributed by atoms with E-state index >= 15 is 0 Å². The van der Waals surface area contributed by atoms with Gasteiger partial charge in [-0.15, -0.1) is 0 Å². The van der Waals surface area contributed by atoms with Crippen LogP contribution in [0.5, 0.6) is 0 Å². The highest BCUT2D eigenvalue weighted by atomic mass is 19.2. The van der Waals surface area contributed by atoms with E-state index in [1.165, 1.54) is 0 Å². The Morgan fingerprint density at radius 2 is 1.79 bits per heavy atom. The van der Waals surface area contributed by atoms with Crippen molar-refractivity contribution in [2.75, 3.05) is 6.54 Å². The summed E-state index contributed by atoms with van der Waals surface area (Å²) in [5, 5.41) is 11.3. The fourth-order valence-electron chi connectivity index (χ4n) is 1.27. The van der Waals surface area contributed by atoms with Crippen LogP contribution in [0.1, 0.15) is 17.3 Å². The van der Waals surface area contributed by atoms with E-state index in [0.717, 1.165) is 6.20 Å². The molecule has 0 unspecified atom stereocenters. The second-order valence-corrected chi connectivity index (χ2v) is 3.50. The second-order valence-electron chi connectivity index (χ2n) is 3.50. The number of halogens is 3. The van der Waals surface area contributed by atoms with Gasteiger partial charge in [0.2, 0.25) is 5.78 Å². The Labute approximate surface area is 106 Å². The standard InChI is InChI=1S/C12H10F3NO3/c1-2-16-5-7(12(18)19)11(17)6-3-9(14)10(15)4-8(6)13/h3-5,16H,2H2,1H3,(H,18,19)/b7-5-. The van der Waals surface area contributed by atoms with E-state index < -0.39 is 40.3 Å². The molecule has 0 radical (unpaired) electrons. The number of ketones is 1. The van der Waals surface area contributed by atoms with Crippen LogP contribution >= 0.6 is 0 Å². The quantitative estimate of drug-likeness (QED) is 0.282. The van der Waals surface area contributed by atoms with E-state index in [-0.39, 0.29) is 6.07 Å². The maximum absolute atomic E-state index is 13.4. The van der Waals surface area contributed by atoms with Gasteiger partial charge in [0.05, 0.1) is 5.56 Å². The summed E-state index contributed by atoms with van der Waals surface area (Å²) in [5.74, 6) is -7.06. The minimum absolute atomic E-state index is 0.190. The lowest BCUT2D eigenvalue weighted by Crippen LogP contribution is -2.18. The van der Waals surface area contributed by atoms with Crippen LogP contribution in [0.2, 0.25) is 0 Å². The van der Waals surface area contributed by atoms with Gasteiger partial charge in [0.1, 0.15) is 11.4 Å². The van der Waals surface area contributed by atoms with Crippen LogP contribution in [-0.2, 0) is 4.79 Å². The third-order valence-corrected chi connectivity index (χ3v) is 2.18. The highest BCUT2D eigenvalue weighted by Crippen LogP contribution is 2.17. The second kappa shape index (κ2) is 6.03. The van der Waals surface area contributed by atoms with Crippen LogP contribution in [0.15, 0.2) is 23.9 Å². The maximum Gasteiger partial charge on any atom is 0.341 e. The molecule has 0 aliphatic heterocycles. The normalized spacial score (nSPS) is 11.3. The number of carboxylic acid groups (broad SMARTS) is 1. The first kappa shape index (κ1) is 14.7. The van der Waals surface area contributed by atoms with E-state index in [1.807, 2.05) is 0 Å². The summed E-state index contributed by atoms with van der Waals surface area (Å²) >= 11 is 0. The molecule has 102 valence electrons. The van der Waals surface area contributed by atoms with Crippen LogP contribution < -0.4 is 5.32 Å². The zero-order valence-electron chi connectivity index (χ0n) is 9.84. The Kier molecular flexibility index (Phi) is 4.68. The van der Waals surface area contributed by atoms with Crippen molar-refractivity contribution in [3.63, 3.8) is 0 Å². The minimum atomic E-state index is -1.60. The van der Waals surface area contributed by atoms with Gasteiger partial charge in [-0.1, -0.05) is 0 Å². The van der Waals surface area contributed by atoms with Crippen molar-refractivity contribution >= 4 is 11.8 Å². The van der Waals surface area contributed by atoms with Crippen molar-refractivity contribution in [3.05, 3.63) is 46.9 Å². The fourth-order valence-corrected chi connectivity index (χ4v) is 1.27. The van der Waals surface area contributed by atoms with Crippen molar-refractivity contribution in [3.8, 4) is 0 Å². The van der Waals surface area contributed by atoms with Crippen molar-refractivity contribution in [1.29, 1.82) is 0 Å². The molecule has 0 fully saturated rings. The molecule has 0 bridgehead atoms. The molecule has 0 aromatic heterocycles. The molecule has 1 rings (SSSR count). The lowest BCUT2D eigenvalue weighted by atomic mass is 10.0. The summed E-state index contributed by atoms with van der Waals surface area (Å²) in [5.41, 5.74) is -1.61. The van der Waals surface area contributed by atoms with Gasteiger partial charge in [-0.05, 0) is 13.0 Å². The molecule has 0 aliphatic carbocycles. The summed E-state index contributed by atoms with van der Waals surface area (Å²) in [7, 11) is 0. The zero-order chi connectivity index (χ0) is 14.6. The summed E-state index contributed by atoms with van der Waals surface area (Å²) in [6.45, 7) is 1.99. The smallest absolute Gasteiger partial charge is 0.341 e. The molecule has 4 nitrogen and oxygen atoms in total. The lowest BCUT2D eigenvalue weighted by molar-refractivity contribution is -0.132. The Morgan fingerprint density at radius 1 is 1.21 bits per heavy atom. The zero-order valence-corrected chi connectivity index (χ0v) is 9.84. The summed E-state index contributed by atoms with van der Waals surface area (Å²) in [6, 6.07) is 0.519. The first-order valence-electron chi connectivity index (χ1n) is 5.24. The van der Waals surface area contributed by atoms with E-state index in [0.29, 0.717) is 12.6 Å². The molecule has 1 aromatic rings. The Morgan fingerprint density at radius 3 is 2.32 bits per heavy atom. The number of carboxylic acids is 1. The van der Waals surface area contributed by atoms with Crippen molar-refractivity contribution in [1.82, 2.24) is 5.32 Å². The molecular formula is C12H10F3NO3. The largest absolute Gasteiger partial charge is 0.477 e. The SMILES string of the molecule is CCN/C=C(\C(=O)O)C(=O)c1cc(F)c(F)cc1F. The summed E-state index contributed by atoms with van der Waals surface area (Å²) < 4.78 is 39.0. The predicted octanol–water partition coefficient (Wildman–Crippen LogP) is 1.86. The molecule has 19 heavy (non-hydrogen) atoms. The molecule has 2 N–H and O–H groups in total. The number of nitrogens with one attached hydrogen (secondary N) is 1. The van der Waals surface area contributed by atoms with Crippen LogP contribution in [0.25, 0.3) is 0 Å². The first-order valence-corrected chi connectivity index (χ1v) is 5.24. The van der Waals surface area contributed by atoms with E-state index in [9.17, 15) is 22.8 Å². The van der Waals surface area contributed by atoms with Crippen molar-refractivity contribution < 1.29 is 27.9 Å². The third-order valence-electron chi connectivity index (χ3n) is 2.18. The summed E-state index contributed by atoms with van der Waals surface area (Å²) in [6.07, 6.45) is 0.880. The van der Waals surface area contributed by atoms with Crippen LogP contribution in [-0.4, -0.2) is 23.4 Å². The van der Waals surface area contributed by atoms with Gasteiger partial charge in [-0.3, -0.25) is 4.79 Å². The monoisotopic (exact) mass is 273 g/mol. The highest BCUT2D eigenvalue weighted by molar-refractivity contribution is 6.23. The number of rotatable bonds is 5. The molecule has 0 atom stereocenters. The van der Waals surface area contributed by atoms with Gasteiger partial charge in [0.25, 0.3) is 0 Å². The highest BCUT2D eigenvalue weighted by Gasteiger charge is 2.23. The molecule has 1 aromatic carbocycles. The van der Waals surface area contributed by atoms with E-state index in [2.05, 4.69) is 5.32 Å². The van der Waals surface area contributed by atoms with Gasteiger partial charge in [-0.2, -0.15) is 0 Å². The van der Waals surface area contributed by atoms with Crippen LogP contribution in [0.4, 0.5) is 13.2 Å².